The lowest BCUT2D eigenvalue weighted by atomic mass is 10.2. The zero-order valence-electron chi connectivity index (χ0n) is 13.4. The molecule has 0 saturated heterocycles. The fraction of sp³-hybridized carbons (Fsp3) is 0.333. The van der Waals surface area contributed by atoms with E-state index in [1.165, 1.54) is 0 Å². The lowest BCUT2D eigenvalue weighted by Gasteiger charge is -2.08. The highest BCUT2D eigenvalue weighted by molar-refractivity contribution is 5.41. The first-order chi connectivity index (χ1) is 9.79. The molecule has 0 radical (unpaired) electrons. The number of rotatable bonds is 3. The number of hydrogen-bond acceptors (Lipinski definition) is 2. The van der Waals surface area contributed by atoms with Crippen molar-refractivity contribution in [3.05, 3.63) is 54.1 Å². The average molecular weight is 274 g/mol. The average Bonchev–Trinajstić information content (AvgIpc) is 2.52. The number of benzene rings is 2. The summed E-state index contributed by atoms with van der Waals surface area (Å²) in [5.74, 6) is 2.54. The van der Waals surface area contributed by atoms with Crippen molar-refractivity contribution in [2.45, 2.75) is 34.6 Å². The Morgan fingerprint density at radius 1 is 0.750 bits per heavy atom. The molecule has 0 saturated carbocycles. The van der Waals surface area contributed by atoms with Gasteiger partial charge in [-0.05, 0) is 42.8 Å². The van der Waals surface area contributed by atoms with Gasteiger partial charge in [0, 0.05) is 0 Å². The SMILES string of the molecule is CC.CC.COc1ccc(Oc2ccccc2)cc1C. The van der Waals surface area contributed by atoms with Crippen molar-refractivity contribution in [2.75, 3.05) is 7.11 Å². The zero-order valence-corrected chi connectivity index (χ0v) is 13.4. The molecular weight excluding hydrogens is 248 g/mol. The second-order valence-corrected chi connectivity index (χ2v) is 3.55. The lowest BCUT2D eigenvalue weighted by Crippen LogP contribution is -1.89. The number of methoxy groups -OCH3 is 1. The maximum atomic E-state index is 5.70. The van der Waals surface area contributed by atoms with Crippen LogP contribution >= 0.6 is 0 Å². The molecule has 2 rings (SSSR count). The predicted molar refractivity (Wildman–Crippen MR) is 86.9 cm³/mol. The van der Waals surface area contributed by atoms with Crippen LogP contribution in [0, 0.1) is 6.92 Å². The Kier molecular flexibility index (Phi) is 9.85. The maximum absolute atomic E-state index is 5.70. The van der Waals surface area contributed by atoms with E-state index in [9.17, 15) is 0 Å². The molecule has 0 atom stereocenters. The minimum atomic E-state index is 0.824. The quantitative estimate of drug-likeness (QED) is 0.699. The van der Waals surface area contributed by atoms with E-state index in [4.69, 9.17) is 9.47 Å². The first kappa shape index (κ1) is 18.0. The van der Waals surface area contributed by atoms with Crippen LogP contribution in [0.5, 0.6) is 17.2 Å². The number of aryl methyl sites for hydroxylation is 1. The molecule has 2 heteroatoms. The van der Waals surface area contributed by atoms with Crippen LogP contribution in [0.25, 0.3) is 0 Å². The number of hydrogen-bond donors (Lipinski definition) is 0. The van der Waals surface area contributed by atoms with Gasteiger partial charge < -0.3 is 9.47 Å². The van der Waals surface area contributed by atoms with Crippen LogP contribution in [0.3, 0.4) is 0 Å². The highest BCUT2D eigenvalue weighted by atomic mass is 16.5. The molecule has 2 aromatic carbocycles. The molecule has 110 valence electrons. The second kappa shape index (κ2) is 10.9. The molecule has 0 N–H and O–H groups in total. The minimum Gasteiger partial charge on any atom is -0.496 e. The van der Waals surface area contributed by atoms with Gasteiger partial charge in [0.1, 0.15) is 17.2 Å². The molecule has 0 fully saturated rings. The summed E-state index contributed by atoms with van der Waals surface area (Å²) in [6.07, 6.45) is 0. The third kappa shape index (κ3) is 5.79. The topological polar surface area (TPSA) is 18.5 Å². The van der Waals surface area contributed by atoms with Crippen molar-refractivity contribution in [2.24, 2.45) is 0 Å². The van der Waals surface area contributed by atoms with E-state index < -0.39 is 0 Å². The molecule has 0 aliphatic carbocycles. The van der Waals surface area contributed by atoms with E-state index in [1.54, 1.807) is 7.11 Å². The Morgan fingerprint density at radius 2 is 1.35 bits per heavy atom. The summed E-state index contributed by atoms with van der Waals surface area (Å²) in [7, 11) is 1.67. The Bertz CT molecular complexity index is 464. The normalized spacial score (nSPS) is 8.50. The van der Waals surface area contributed by atoms with Crippen molar-refractivity contribution in [1.29, 1.82) is 0 Å². The summed E-state index contributed by atoms with van der Waals surface area (Å²) >= 11 is 0. The molecule has 0 spiro atoms. The van der Waals surface area contributed by atoms with Crippen LogP contribution < -0.4 is 9.47 Å². The van der Waals surface area contributed by atoms with Crippen molar-refractivity contribution in [1.82, 2.24) is 0 Å². The molecule has 2 aromatic rings. The van der Waals surface area contributed by atoms with Crippen LogP contribution in [-0.4, -0.2) is 7.11 Å². The second-order valence-electron chi connectivity index (χ2n) is 3.55. The van der Waals surface area contributed by atoms with Crippen LogP contribution in [0.15, 0.2) is 48.5 Å². The fourth-order valence-corrected chi connectivity index (χ4v) is 1.54. The van der Waals surface area contributed by atoms with Crippen LogP contribution in [-0.2, 0) is 0 Å². The van der Waals surface area contributed by atoms with Crippen molar-refractivity contribution in [3.8, 4) is 17.2 Å². The lowest BCUT2D eigenvalue weighted by molar-refractivity contribution is 0.409. The van der Waals surface area contributed by atoms with Gasteiger partial charge in [-0.1, -0.05) is 45.9 Å². The fourth-order valence-electron chi connectivity index (χ4n) is 1.54. The first-order valence-electron chi connectivity index (χ1n) is 7.17. The first-order valence-corrected chi connectivity index (χ1v) is 7.17. The molecule has 2 nitrogen and oxygen atoms in total. The van der Waals surface area contributed by atoms with E-state index in [1.807, 2.05) is 83.1 Å². The van der Waals surface area contributed by atoms with Crippen LogP contribution in [0.4, 0.5) is 0 Å². The molecule has 0 aromatic heterocycles. The van der Waals surface area contributed by atoms with Gasteiger partial charge >= 0.3 is 0 Å². The van der Waals surface area contributed by atoms with Gasteiger partial charge in [-0.15, -0.1) is 0 Å². The van der Waals surface area contributed by atoms with E-state index >= 15 is 0 Å². The van der Waals surface area contributed by atoms with E-state index in [0.717, 1.165) is 22.8 Å². The summed E-state index contributed by atoms with van der Waals surface area (Å²) in [5.41, 5.74) is 1.07. The Hall–Kier alpha value is -1.96. The Morgan fingerprint density at radius 3 is 1.85 bits per heavy atom. The maximum Gasteiger partial charge on any atom is 0.127 e. The molecule has 20 heavy (non-hydrogen) atoms. The van der Waals surface area contributed by atoms with Gasteiger partial charge in [0.2, 0.25) is 0 Å². The van der Waals surface area contributed by atoms with Gasteiger partial charge in [-0.25, -0.2) is 0 Å². The molecule has 0 unspecified atom stereocenters. The van der Waals surface area contributed by atoms with Gasteiger partial charge in [0.15, 0.2) is 0 Å². The molecule has 0 aliphatic heterocycles. The van der Waals surface area contributed by atoms with Gasteiger partial charge in [0.25, 0.3) is 0 Å². The molecular formula is C18H26O2. The van der Waals surface area contributed by atoms with E-state index in [2.05, 4.69) is 0 Å². The monoisotopic (exact) mass is 274 g/mol. The van der Waals surface area contributed by atoms with Gasteiger partial charge in [-0.3, -0.25) is 0 Å². The molecule has 0 heterocycles. The largest absolute Gasteiger partial charge is 0.496 e. The molecule has 0 bridgehead atoms. The van der Waals surface area contributed by atoms with E-state index in [0.29, 0.717) is 0 Å². The Labute approximate surface area is 123 Å². The Balaban J connectivity index is 0.000000829. The molecule has 0 aliphatic rings. The standard InChI is InChI=1S/C14H14O2.2C2H6/c1-11-10-13(8-9-14(11)15-2)16-12-6-4-3-5-7-12;2*1-2/h3-10H,1-2H3;2*1-2H3. The van der Waals surface area contributed by atoms with Crippen molar-refractivity contribution in [3.63, 3.8) is 0 Å². The highest BCUT2D eigenvalue weighted by Gasteiger charge is 2.01. The third-order valence-electron chi connectivity index (χ3n) is 2.35. The van der Waals surface area contributed by atoms with Gasteiger partial charge in [0.05, 0.1) is 7.11 Å². The highest BCUT2D eigenvalue weighted by Crippen LogP contribution is 2.26. The number of ether oxygens (including phenoxy) is 2. The smallest absolute Gasteiger partial charge is 0.127 e. The van der Waals surface area contributed by atoms with Crippen molar-refractivity contribution < 1.29 is 9.47 Å². The molecule has 0 amide bonds. The number of para-hydroxylation sites is 1. The zero-order chi connectivity index (χ0) is 15.4. The van der Waals surface area contributed by atoms with Crippen molar-refractivity contribution >= 4 is 0 Å². The summed E-state index contributed by atoms with van der Waals surface area (Å²) in [4.78, 5) is 0. The van der Waals surface area contributed by atoms with Crippen LogP contribution in [0.2, 0.25) is 0 Å². The summed E-state index contributed by atoms with van der Waals surface area (Å²) in [6, 6.07) is 15.5. The minimum absolute atomic E-state index is 0.824. The summed E-state index contributed by atoms with van der Waals surface area (Å²) in [6.45, 7) is 10.00. The van der Waals surface area contributed by atoms with Gasteiger partial charge in [-0.2, -0.15) is 0 Å². The summed E-state index contributed by atoms with van der Waals surface area (Å²) < 4.78 is 10.9. The predicted octanol–water partition coefficient (Wildman–Crippen LogP) is 5.85. The van der Waals surface area contributed by atoms with E-state index in [-0.39, 0.29) is 0 Å². The van der Waals surface area contributed by atoms with Crippen LogP contribution in [0.1, 0.15) is 33.3 Å². The summed E-state index contributed by atoms with van der Waals surface area (Å²) in [5, 5.41) is 0. The third-order valence-corrected chi connectivity index (χ3v) is 2.35.